The van der Waals surface area contributed by atoms with E-state index in [4.69, 9.17) is 4.74 Å². The van der Waals surface area contributed by atoms with Crippen LogP contribution in [0, 0.1) is 5.92 Å². The topological polar surface area (TPSA) is 83.6 Å². The summed E-state index contributed by atoms with van der Waals surface area (Å²) in [5.41, 5.74) is 2.62. The Morgan fingerprint density at radius 1 is 1.15 bits per heavy atom. The van der Waals surface area contributed by atoms with E-state index in [9.17, 15) is 9.59 Å². The highest BCUT2D eigenvalue weighted by Gasteiger charge is 2.54. The molecule has 170 valence electrons. The molecule has 0 bridgehead atoms. The van der Waals surface area contributed by atoms with E-state index in [1.807, 2.05) is 54.7 Å². The van der Waals surface area contributed by atoms with Crippen molar-refractivity contribution in [3.05, 3.63) is 88.4 Å². The quantitative estimate of drug-likeness (QED) is 0.580. The molecule has 3 unspecified atom stereocenters. The summed E-state index contributed by atoms with van der Waals surface area (Å²) in [6, 6.07) is 18.8. The molecule has 2 saturated heterocycles. The van der Waals surface area contributed by atoms with E-state index in [-0.39, 0.29) is 30.0 Å². The molecule has 2 N–H and O–H groups in total. The molecule has 3 heterocycles. The van der Waals surface area contributed by atoms with Crippen LogP contribution in [-0.2, 0) is 16.9 Å². The van der Waals surface area contributed by atoms with Gasteiger partial charge in [-0.25, -0.2) is 4.79 Å². The normalized spacial score (nSPS) is 24.2. The summed E-state index contributed by atoms with van der Waals surface area (Å²) in [4.78, 5) is 32.7. The Hall–Kier alpha value is -2.88. The zero-order valence-electron chi connectivity index (χ0n) is 17.8. The molecule has 2 aromatic carbocycles. The third-order valence-corrected chi connectivity index (χ3v) is 8.18. The molecule has 2 amide bonds. The number of rotatable bonds is 5. The number of amides is 2. The number of hydrogen-bond donors (Lipinski definition) is 2. The van der Waals surface area contributed by atoms with Crippen LogP contribution in [0.4, 0.5) is 4.79 Å². The molecule has 1 aromatic heterocycles. The van der Waals surface area contributed by atoms with Crippen LogP contribution in [0.3, 0.4) is 0 Å². The first-order valence-corrected chi connectivity index (χ1v) is 12.7. The second-order valence-electron chi connectivity index (χ2n) is 8.15. The van der Waals surface area contributed by atoms with Crippen molar-refractivity contribution in [2.24, 2.45) is 5.92 Å². The van der Waals surface area contributed by atoms with Gasteiger partial charge in [0.25, 0.3) is 5.91 Å². The molecule has 2 fully saturated rings. The predicted molar refractivity (Wildman–Crippen MR) is 129 cm³/mol. The molecule has 0 spiro atoms. The van der Waals surface area contributed by atoms with E-state index < -0.39 is 5.54 Å². The summed E-state index contributed by atoms with van der Waals surface area (Å²) >= 11 is 3.21. The Balaban J connectivity index is 1.30. The molecule has 5 rings (SSSR count). The minimum atomic E-state index is -0.479. The lowest BCUT2D eigenvalue weighted by Crippen LogP contribution is -2.60. The van der Waals surface area contributed by atoms with Crippen molar-refractivity contribution >= 4 is 35.1 Å². The molecule has 7 nitrogen and oxygen atoms in total. The number of ether oxygens (including phenoxy) is 1. The van der Waals surface area contributed by atoms with Gasteiger partial charge in [-0.3, -0.25) is 15.1 Å². The van der Waals surface area contributed by atoms with Gasteiger partial charge in [0, 0.05) is 41.4 Å². The van der Waals surface area contributed by atoms with Gasteiger partial charge in [-0.05, 0) is 17.7 Å². The van der Waals surface area contributed by atoms with Crippen molar-refractivity contribution in [3.8, 4) is 0 Å². The first-order valence-electron chi connectivity index (χ1n) is 10.7. The molecule has 2 aliphatic rings. The summed E-state index contributed by atoms with van der Waals surface area (Å²) < 4.78 is 5.60. The maximum Gasteiger partial charge on any atom is 0.410 e. The van der Waals surface area contributed by atoms with Gasteiger partial charge in [-0.2, -0.15) is 0 Å². The Bertz CT molecular complexity index is 1100. The highest BCUT2D eigenvalue weighted by Crippen LogP contribution is 2.44. The molecule has 3 aromatic rings. The van der Waals surface area contributed by atoms with Crippen molar-refractivity contribution in [1.82, 2.24) is 20.5 Å². The number of carbonyl (C=O) groups excluding carboxylic acids is 2. The number of fused-ring (bicyclic) bond motifs is 1. The Kier molecular flexibility index (Phi) is 6.34. The maximum absolute atomic E-state index is 12.9. The second-order valence-corrected chi connectivity index (χ2v) is 10.2. The number of aromatic nitrogens is 1. The molecule has 0 saturated carbocycles. The highest BCUT2D eigenvalue weighted by atomic mass is 32.2. The average molecular weight is 481 g/mol. The molecular weight excluding hydrogens is 456 g/mol. The van der Waals surface area contributed by atoms with Crippen molar-refractivity contribution in [2.45, 2.75) is 17.6 Å². The highest BCUT2D eigenvalue weighted by molar-refractivity contribution is 7.99. The molecule has 0 radical (unpaired) electrons. The number of nitrogens with one attached hydrogen (secondary N) is 2. The third kappa shape index (κ3) is 4.62. The Morgan fingerprint density at radius 3 is 2.64 bits per heavy atom. The van der Waals surface area contributed by atoms with Gasteiger partial charge in [0.2, 0.25) is 0 Å². The number of hydrogen-bond acceptors (Lipinski definition) is 7. The van der Waals surface area contributed by atoms with E-state index in [0.29, 0.717) is 18.7 Å². The minimum absolute atomic E-state index is 0.129. The number of likely N-dealkylation sites (tertiary alicyclic amines) is 1. The molecule has 0 aliphatic carbocycles. The number of benzene rings is 2. The number of thiazole rings is 1. The summed E-state index contributed by atoms with van der Waals surface area (Å²) in [5, 5.41) is 6.73. The van der Waals surface area contributed by atoms with Crippen molar-refractivity contribution in [2.75, 3.05) is 18.8 Å². The minimum Gasteiger partial charge on any atom is -0.445 e. The van der Waals surface area contributed by atoms with Gasteiger partial charge in [0.15, 0.2) is 0 Å². The molecule has 2 aliphatic heterocycles. The fraction of sp³-hybridized carbons (Fsp3) is 0.292. The maximum atomic E-state index is 12.9. The Labute approximate surface area is 200 Å². The van der Waals surface area contributed by atoms with Crippen molar-refractivity contribution < 1.29 is 14.3 Å². The summed E-state index contributed by atoms with van der Waals surface area (Å²) in [6.45, 7) is 1.29. The van der Waals surface area contributed by atoms with E-state index in [1.54, 1.807) is 45.6 Å². The zero-order chi connectivity index (χ0) is 22.7. The number of nitrogens with zero attached hydrogens (tertiary/aromatic N) is 2. The molecule has 3 atom stereocenters. The Morgan fingerprint density at radius 2 is 1.91 bits per heavy atom. The summed E-state index contributed by atoms with van der Waals surface area (Å²) in [5.74, 6) is 0.848. The number of thioether (sulfide) groups is 1. The smallest absolute Gasteiger partial charge is 0.410 e. The van der Waals surface area contributed by atoms with Gasteiger partial charge >= 0.3 is 6.09 Å². The van der Waals surface area contributed by atoms with Crippen molar-refractivity contribution in [3.63, 3.8) is 0 Å². The van der Waals surface area contributed by atoms with E-state index in [2.05, 4.69) is 15.6 Å². The average Bonchev–Trinajstić information content (AvgIpc) is 3.53. The largest absolute Gasteiger partial charge is 0.445 e. The lowest BCUT2D eigenvalue weighted by molar-refractivity contribution is 0.0924. The van der Waals surface area contributed by atoms with Crippen LogP contribution in [0.2, 0.25) is 0 Å². The van der Waals surface area contributed by atoms with Crippen LogP contribution in [-0.4, -0.2) is 46.2 Å². The molecular formula is C24H24N4O3S2. The van der Waals surface area contributed by atoms with Crippen LogP contribution >= 0.6 is 23.1 Å². The molecule has 9 heteroatoms. The second kappa shape index (κ2) is 9.54. The van der Waals surface area contributed by atoms with Gasteiger partial charge < -0.3 is 15.0 Å². The summed E-state index contributed by atoms with van der Waals surface area (Å²) in [7, 11) is 0. The van der Waals surface area contributed by atoms with Gasteiger partial charge in [-0.15, -0.1) is 23.1 Å². The van der Waals surface area contributed by atoms with E-state index >= 15 is 0 Å². The van der Waals surface area contributed by atoms with Crippen LogP contribution in [0.5, 0.6) is 0 Å². The van der Waals surface area contributed by atoms with Gasteiger partial charge in [0.1, 0.15) is 12.1 Å². The van der Waals surface area contributed by atoms with Crippen molar-refractivity contribution in [1.29, 1.82) is 0 Å². The van der Waals surface area contributed by atoms with E-state index in [0.717, 1.165) is 16.2 Å². The van der Waals surface area contributed by atoms with Gasteiger partial charge in [-0.1, -0.05) is 48.5 Å². The third-order valence-electron chi connectivity index (χ3n) is 6.06. The first kappa shape index (κ1) is 21.9. The van der Waals surface area contributed by atoms with Crippen LogP contribution in [0.1, 0.15) is 20.8 Å². The lowest BCUT2D eigenvalue weighted by atomic mass is 9.87. The summed E-state index contributed by atoms with van der Waals surface area (Å²) in [6.07, 6.45) is 1.53. The fourth-order valence-electron chi connectivity index (χ4n) is 4.37. The first-order chi connectivity index (χ1) is 16.1. The lowest BCUT2D eigenvalue weighted by Gasteiger charge is -2.42. The predicted octanol–water partition coefficient (Wildman–Crippen LogP) is 3.66. The molecule has 33 heavy (non-hydrogen) atoms. The van der Waals surface area contributed by atoms with Crippen LogP contribution < -0.4 is 10.6 Å². The number of carbonyl (C=O) groups is 2. The van der Waals surface area contributed by atoms with E-state index in [1.165, 1.54) is 0 Å². The SMILES string of the molecule is O=C(NC1NC2(c3cncs3)CN(C(=O)OCc3ccccc3)CC2CS1)c1ccccc1. The zero-order valence-corrected chi connectivity index (χ0v) is 19.5. The van der Waals surface area contributed by atoms with Crippen LogP contribution in [0.15, 0.2) is 72.4 Å². The standard InChI is InChI=1S/C24H24N4O3S2/c29-21(18-9-5-2-6-10-18)26-22-27-24(20-11-25-16-33-20)15-28(12-19(24)14-32-22)23(30)31-13-17-7-3-1-4-8-17/h1-11,16,19,22,27H,12-15H2,(H,26,29). The van der Waals surface area contributed by atoms with Gasteiger partial charge in [0.05, 0.1) is 11.0 Å². The monoisotopic (exact) mass is 480 g/mol. The fourth-order valence-corrected chi connectivity index (χ4v) is 6.52. The van der Waals surface area contributed by atoms with Crippen LogP contribution in [0.25, 0.3) is 0 Å².